The van der Waals surface area contributed by atoms with Gasteiger partial charge in [-0.15, -0.1) is 0 Å². The number of rotatable bonds is 2. The van der Waals surface area contributed by atoms with Crippen LogP contribution in [0.4, 0.5) is 14.5 Å². The zero-order valence-electron chi connectivity index (χ0n) is 10.6. The first-order valence-electron chi connectivity index (χ1n) is 6.74. The maximum Gasteiger partial charge on any atom is 0.149 e. The van der Waals surface area contributed by atoms with Crippen molar-refractivity contribution in [3.8, 4) is 0 Å². The normalized spacial score (nSPS) is 29.9. The van der Waals surface area contributed by atoms with E-state index in [1.807, 2.05) is 4.90 Å². The van der Waals surface area contributed by atoms with Crippen molar-refractivity contribution in [2.75, 3.05) is 4.90 Å². The van der Waals surface area contributed by atoms with Gasteiger partial charge < -0.3 is 15.7 Å². The highest BCUT2D eigenvalue weighted by atomic mass is 19.1. The number of aliphatic hydroxyl groups is 1. The number of hydrogen-bond donors (Lipinski definition) is 2. The maximum atomic E-state index is 14.2. The van der Waals surface area contributed by atoms with Crippen LogP contribution in [0.1, 0.15) is 31.2 Å². The van der Waals surface area contributed by atoms with Crippen LogP contribution in [-0.2, 0) is 6.54 Å². The van der Waals surface area contributed by atoms with Crippen molar-refractivity contribution in [3.63, 3.8) is 0 Å². The Morgan fingerprint density at radius 1 is 1.16 bits per heavy atom. The molecule has 2 heterocycles. The molecule has 2 fully saturated rings. The highest BCUT2D eigenvalue weighted by Gasteiger charge is 2.42. The van der Waals surface area contributed by atoms with Crippen molar-refractivity contribution in [1.29, 1.82) is 0 Å². The fourth-order valence-corrected chi connectivity index (χ4v) is 3.50. The average molecular weight is 268 g/mol. The lowest BCUT2D eigenvalue weighted by Crippen LogP contribution is -2.45. The molecule has 0 aromatic heterocycles. The highest BCUT2D eigenvalue weighted by Crippen LogP contribution is 2.41. The van der Waals surface area contributed by atoms with Crippen molar-refractivity contribution in [2.24, 2.45) is 5.73 Å². The fraction of sp³-hybridized carbons (Fsp3) is 0.571. The van der Waals surface area contributed by atoms with Gasteiger partial charge in [0, 0.05) is 18.6 Å². The number of piperidine rings is 1. The first-order valence-corrected chi connectivity index (χ1v) is 6.74. The van der Waals surface area contributed by atoms with Gasteiger partial charge in [-0.1, -0.05) is 0 Å². The Balaban J connectivity index is 1.99. The fourth-order valence-electron chi connectivity index (χ4n) is 3.50. The molecule has 2 saturated heterocycles. The Morgan fingerprint density at radius 2 is 1.68 bits per heavy atom. The number of nitrogens with two attached hydrogens (primary N) is 1. The summed E-state index contributed by atoms with van der Waals surface area (Å²) in [5, 5.41) is 9.74. The molecular formula is C14H18F2N2O. The Morgan fingerprint density at radius 3 is 2.16 bits per heavy atom. The van der Waals surface area contributed by atoms with E-state index in [-0.39, 0.29) is 30.4 Å². The summed E-state index contributed by atoms with van der Waals surface area (Å²) in [6, 6.07) is 2.70. The molecule has 0 saturated carbocycles. The van der Waals surface area contributed by atoms with Crippen LogP contribution in [-0.4, -0.2) is 23.3 Å². The van der Waals surface area contributed by atoms with E-state index < -0.39 is 11.6 Å². The molecule has 3 nitrogen and oxygen atoms in total. The third-order valence-corrected chi connectivity index (χ3v) is 4.28. The molecule has 1 aromatic carbocycles. The van der Waals surface area contributed by atoms with E-state index in [0.29, 0.717) is 18.4 Å². The van der Waals surface area contributed by atoms with Gasteiger partial charge in [0.05, 0.1) is 6.10 Å². The van der Waals surface area contributed by atoms with Crippen LogP contribution < -0.4 is 10.6 Å². The summed E-state index contributed by atoms with van der Waals surface area (Å²) in [6.07, 6.45) is 2.61. The molecule has 2 aliphatic heterocycles. The van der Waals surface area contributed by atoms with Crippen molar-refractivity contribution < 1.29 is 13.9 Å². The minimum Gasteiger partial charge on any atom is -0.393 e. The van der Waals surface area contributed by atoms with Gasteiger partial charge in [0.25, 0.3) is 0 Å². The van der Waals surface area contributed by atoms with E-state index in [0.717, 1.165) is 12.8 Å². The highest BCUT2D eigenvalue weighted by molar-refractivity contribution is 5.54. The lowest BCUT2D eigenvalue weighted by Gasteiger charge is -2.39. The van der Waals surface area contributed by atoms with Crippen molar-refractivity contribution >= 4 is 5.69 Å². The molecule has 3 N–H and O–H groups in total. The number of nitrogens with zero attached hydrogens (tertiary/aromatic N) is 1. The van der Waals surface area contributed by atoms with Gasteiger partial charge >= 0.3 is 0 Å². The largest absolute Gasteiger partial charge is 0.393 e. The molecule has 0 amide bonds. The molecule has 2 bridgehead atoms. The second-order valence-corrected chi connectivity index (χ2v) is 5.53. The smallest absolute Gasteiger partial charge is 0.149 e. The van der Waals surface area contributed by atoms with Gasteiger partial charge in [-0.2, -0.15) is 0 Å². The Hall–Kier alpha value is -1.20. The maximum absolute atomic E-state index is 14.2. The Labute approximate surface area is 111 Å². The van der Waals surface area contributed by atoms with E-state index in [9.17, 15) is 13.9 Å². The molecule has 0 spiro atoms. The van der Waals surface area contributed by atoms with Crippen LogP contribution in [0.5, 0.6) is 0 Å². The molecule has 3 rings (SSSR count). The van der Waals surface area contributed by atoms with Crippen LogP contribution in [0, 0.1) is 11.6 Å². The Kier molecular flexibility index (Phi) is 3.19. The first-order chi connectivity index (χ1) is 9.10. The molecule has 2 unspecified atom stereocenters. The number of benzene rings is 1. The quantitative estimate of drug-likeness (QED) is 0.861. The van der Waals surface area contributed by atoms with E-state index >= 15 is 0 Å². The number of hydrogen-bond acceptors (Lipinski definition) is 3. The predicted molar refractivity (Wildman–Crippen MR) is 68.8 cm³/mol. The summed E-state index contributed by atoms with van der Waals surface area (Å²) in [5.41, 5.74) is 5.93. The molecule has 0 radical (unpaired) electrons. The van der Waals surface area contributed by atoms with E-state index in [2.05, 4.69) is 0 Å². The summed E-state index contributed by atoms with van der Waals surface area (Å²) in [6.45, 7) is 0.125. The van der Waals surface area contributed by atoms with Crippen LogP contribution in [0.2, 0.25) is 0 Å². The van der Waals surface area contributed by atoms with Gasteiger partial charge in [0.1, 0.15) is 17.3 Å². The van der Waals surface area contributed by atoms with Crippen LogP contribution in [0.15, 0.2) is 12.1 Å². The Bertz CT molecular complexity index is 457. The van der Waals surface area contributed by atoms with Gasteiger partial charge in [0.15, 0.2) is 0 Å². The third-order valence-electron chi connectivity index (χ3n) is 4.28. The summed E-state index contributed by atoms with van der Waals surface area (Å²) in [5.74, 6) is -1.09. The third kappa shape index (κ3) is 2.11. The number of aliphatic hydroxyl groups excluding tert-OH is 1. The molecule has 2 atom stereocenters. The SMILES string of the molecule is NCc1cc(F)c(N2C3CCC2CC(O)C3)c(F)c1. The molecule has 1 aromatic rings. The summed E-state index contributed by atoms with van der Waals surface area (Å²) >= 11 is 0. The summed E-state index contributed by atoms with van der Waals surface area (Å²) in [7, 11) is 0. The zero-order chi connectivity index (χ0) is 13.6. The van der Waals surface area contributed by atoms with Crippen LogP contribution >= 0.6 is 0 Å². The lowest BCUT2D eigenvalue weighted by atomic mass is 9.98. The topological polar surface area (TPSA) is 49.5 Å². The standard InChI is InChI=1S/C14H18F2N2O/c15-12-3-8(7-17)4-13(16)14(12)18-9-1-2-10(18)6-11(19)5-9/h3-4,9-11,19H,1-2,5-7,17H2. The minimum absolute atomic E-state index is 0.0430. The van der Waals surface area contributed by atoms with Gasteiger partial charge in [-0.25, -0.2) is 8.78 Å². The number of fused-ring (bicyclic) bond motifs is 2. The zero-order valence-corrected chi connectivity index (χ0v) is 10.6. The molecule has 0 aliphatic carbocycles. The summed E-state index contributed by atoms with van der Waals surface area (Å²) < 4.78 is 28.3. The monoisotopic (exact) mass is 268 g/mol. The number of halogens is 2. The van der Waals surface area contributed by atoms with E-state index in [1.165, 1.54) is 12.1 Å². The first kappa shape index (κ1) is 12.8. The second-order valence-electron chi connectivity index (χ2n) is 5.53. The van der Waals surface area contributed by atoms with Crippen molar-refractivity contribution in [3.05, 3.63) is 29.3 Å². The van der Waals surface area contributed by atoms with Gasteiger partial charge in [-0.05, 0) is 43.4 Å². The lowest BCUT2D eigenvalue weighted by molar-refractivity contribution is 0.125. The predicted octanol–water partition coefficient (Wildman–Crippen LogP) is 1.92. The van der Waals surface area contributed by atoms with Crippen molar-refractivity contribution in [2.45, 2.75) is 50.4 Å². The summed E-state index contributed by atoms with van der Waals surface area (Å²) in [4.78, 5) is 1.83. The molecule has 19 heavy (non-hydrogen) atoms. The second kappa shape index (κ2) is 4.72. The minimum atomic E-state index is -0.547. The van der Waals surface area contributed by atoms with Gasteiger partial charge in [0.2, 0.25) is 0 Å². The molecular weight excluding hydrogens is 250 g/mol. The van der Waals surface area contributed by atoms with E-state index in [1.54, 1.807) is 0 Å². The molecule has 104 valence electrons. The number of anilines is 1. The van der Waals surface area contributed by atoms with Crippen molar-refractivity contribution in [1.82, 2.24) is 0 Å². The van der Waals surface area contributed by atoms with Crippen LogP contribution in [0.3, 0.4) is 0 Å². The van der Waals surface area contributed by atoms with Gasteiger partial charge in [-0.3, -0.25) is 0 Å². The molecule has 2 aliphatic rings. The molecule has 5 heteroatoms. The average Bonchev–Trinajstić information content (AvgIpc) is 2.61. The van der Waals surface area contributed by atoms with Crippen LogP contribution in [0.25, 0.3) is 0 Å². The van der Waals surface area contributed by atoms with E-state index in [4.69, 9.17) is 5.73 Å².